The van der Waals surface area contributed by atoms with E-state index in [0.717, 1.165) is 5.56 Å². The summed E-state index contributed by atoms with van der Waals surface area (Å²) < 4.78 is 0. The third-order valence-electron chi connectivity index (χ3n) is 2.90. The predicted octanol–water partition coefficient (Wildman–Crippen LogP) is 0.309. The van der Waals surface area contributed by atoms with Crippen molar-refractivity contribution in [2.75, 3.05) is 0 Å². The number of nitrogens with zero attached hydrogens (tertiary/aromatic N) is 2. The van der Waals surface area contributed by atoms with Gasteiger partial charge in [-0.3, -0.25) is 25.3 Å². The minimum Gasteiger partial charge on any atom is -0.375 e. The third-order valence-corrected chi connectivity index (χ3v) is 2.99. The van der Waals surface area contributed by atoms with Crippen molar-refractivity contribution in [1.82, 2.24) is 15.4 Å². The monoisotopic (exact) mass is 360 g/mol. The van der Waals surface area contributed by atoms with Crippen LogP contribution in [0.5, 0.6) is 0 Å². The van der Waals surface area contributed by atoms with Gasteiger partial charge in [-0.2, -0.15) is 5.10 Å². The first-order valence-electron chi connectivity index (χ1n) is 6.74. The van der Waals surface area contributed by atoms with E-state index in [1.807, 2.05) is 4.98 Å². The van der Waals surface area contributed by atoms with Gasteiger partial charge in [0.05, 0.1) is 11.1 Å². The minimum atomic E-state index is -1.06. The van der Waals surface area contributed by atoms with Crippen LogP contribution in [-0.4, -0.2) is 26.2 Å². The second kappa shape index (κ2) is 7.79. The standard InChI is InChI=1S/C14H12N6O4S/c15-13(25)19-16-7-9-3-1-8(2-4-9)5-6-10-11(20(23)24)12(21)18-14(22)17-10/h1-7H,(H3,15,19,25)(H2,17,18,21,22)/b6-5+,16-7+. The number of benzene rings is 1. The Labute approximate surface area is 145 Å². The molecular weight excluding hydrogens is 348 g/mol. The molecule has 2 rings (SSSR count). The number of nitrogens with one attached hydrogen (secondary N) is 3. The normalized spacial score (nSPS) is 11.0. The van der Waals surface area contributed by atoms with Gasteiger partial charge >= 0.3 is 16.9 Å². The van der Waals surface area contributed by atoms with Crippen LogP contribution in [-0.2, 0) is 0 Å². The smallest absolute Gasteiger partial charge is 0.357 e. The van der Waals surface area contributed by atoms with E-state index in [4.69, 9.17) is 5.73 Å². The van der Waals surface area contributed by atoms with Crippen LogP contribution in [0.4, 0.5) is 5.69 Å². The van der Waals surface area contributed by atoms with E-state index in [1.165, 1.54) is 18.4 Å². The summed E-state index contributed by atoms with van der Waals surface area (Å²) in [6.07, 6.45) is 4.31. The summed E-state index contributed by atoms with van der Waals surface area (Å²) in [6, 6.07) is 6.91. The molecular formula is C14H12N6O4S. The fraction of sp³-hybridized carbons (Fsp3) is 0. The van der Waals surface area contributed by atoms with Gasteiger partial charge in [0.25, 0.3) is 0 Å². The first kappa shape index (κ1) is 17.7. The van der Waals surface area contributed by atoms with Crippen molar-refractivity contribution >= 4 is 41.4 Å². The maximum atomic E-state index is 11.5. The first-order valence-corrected chi connectivity index (χ1v) is 7.15. The maximum Gasteiger partial charge on any atom is 0.357 e. The summed E-state index contributed by atoms with van der Waals surface area (Å²) >= 11 is 4.61. The fourth-order valence-electron chi connectivity index (χ4n) is 1.84. The van der Waals surface area contributed by atoms with Crippen LogP contribution in [0, 0.1) is 10.1 Å². The Morgan fingerprint density at radius 2 is 1.84 bits per heavy atom. The van der Waals surface area contributed by atoms with Crippen LogP contribution in [0.1, 0.15) is 16.8 Å². The molecule has 0 amide bonds. The Morgan fingerprint density at radius 1 is 1.20 bits per heavy atom. The molecule has 0 spiro atoms. The topological polar surface area (TPSA) is 159 Å². The molecule has 0 aliphatic rings. The molecule has 1 heterocycles. The second-order valence-corrected chi connectivity index (χ2v) is 5.10. The van der Waals surface area contributed by atoms with E-state index in [0.29, 0.717) is 5.56 Å². The molecule has 128 valence electrons. The molecule has 11 heteroatoms. The lowest BCUT2D eigenvalue weighted by molar-refractivity contribution is -0.386. The van der Waals surface area contributed by atoms with Crippen molar-refractivity contribution in [2.45, 2.75) is 0 Å². The molecule has 0 unspecified atom stereocenters. The average molecular weight is 360 g/mol. The van der Waals surface area contributed by atoms with Gasteiger partial charge in [0, 0.05) is 0 Å². The molecule has 0 saturated heterocycles. The summed E-state index contributed by atoms with van der Waals surface area (Å²) in [5, 5.41) is 14.8. The summed E-state index contributed by atoms with van der Waals surface area (Å²) in [4.78, 5) is 36.9. The highest BCUT2D eigenvalue weighted by Crippen LogP contribution is 2.13. The maximum absolute atomic E-state index is 11.5. The molecule has 0 bridgehead atoms. The van der Waals surface area contributed by atoms with Crippen molar-refractivity contribution in [3.8, 4) is 0 Å². The lowest BCUT2D eigenvalue weighted by Crippen LogP contribution is -2.25. The Kier molecular flexibility index (Phi) is 5.53. The second-order valence-electron chi connectivity index (χ2n) is 4.66. The van der Waals surface area contributed by atoms with Gasteiger partial charge in [0.15, 0.2) is 5.11 Å². The molecule has 0 radical (unpaired) electrons. The molecule has 1 aromatic heterocycles. The molecule has 2 aromatic rings. The van der Waals surface area contributed by atoms with Crippen LogP contribution in [0.15, 0.2) is 39.0 Å². The molecule has 10 nitrogen and oxygen atoms in total. The lowest BCUT2D eigenvalue weighted by Gasteiger charge is -1.98. The Morgan fingerprint density at radius 3 is 2.44 bits per heavy atom. The zero-order valence-electron chi connectivity index (χ0n) is 12.6. The van der Waals surface area contributed by atoms with Crippen LogP contribution in [0.25, 0.3) is 12.2 Å². The Balaban J connectivity index is 2.24. The number of thiocarbonyl (C=S) groups is 1. The number of hydrazone groups is 1. The fourth-order valence-corrected chi connectivity index (χ4v) is 1.90. The summed E-state index contributed by atoms with van der Waals surface area (Å²) in [5.41, 5.74) is 6.28. The lowest BCUT2D eigenvalue weighted by atomic mass is 10.1. The van der Waals surface area contributed by atoms with Gasteiger partial charge in [-0.25, -0.2) is 4.79 Å². The zero-order valence-corrected chi connectivity index (χ0v) is 13.4. The third kappa shape index (κ3) is 4.94. The Bertz CT molecular complexity index is 974. The number of aromatic amines is 2. The largest absolute Gasteiger partial charge is 0.375 e. The number of aromatic nitrogens is 2. The average Bonchev–Trinajstić information content (AvgIpc) is 2.52. The van der Waals surface area contributed by atoms with Gasteiger partial charge in [-0.1, -0.05) is 30.3 Å². The number of hydrogen-bond donors (Lipinski definition) is 4. The van der Waals surface area contributed by atoms with Gasteiger partial charge in [0.1, 0.15) is 5.69 Å². The number of nitrogens with two attached hydrogens (primary N) is 1. The van der Waals surface area contributed by atoms with Crippen molar-refractivity contribution in [3.63, 3.8) is 0 Å². The first-order chi connectivity index (χ1) is 11.9. The summed E-state index contributed by atoms with van der Waals surface area (Å²) in [6.45, 7) is 0. The molecule has 0 aliphatic heterocycles. The molecule has 25 heavy (non-hydrogen) atoms. The molecule has 0 fully saturated rings. The predicted molar refractivity (Wildman–Crippen MR) is 97.2 cm³/mol. The molecule has 5 N–H and O–H groups in total. The van der Waals surface area contributed by atoms with E-state index in [9.17, 15) is 19.7 Å². The number of hydrogen-bond acceptors (Lipinski definition) is 6. The van der Waals surface area contributed by atoms with Crippen LogP contribution < -0.4 is 22.4 Å². The molecule has 0 saturated carbocycles. The SMILES string of the molecule is NC(=S)N/N=C/c1ccc(/C=C/c2[nH]c(=O)[nH]c(=O)c2[N+](=O)[O-])cc1. The highest BCUT2D eigenvalue weighted by atomic mass is 32.1. The minimum absolute atomic E-state index is 0.0456. The van der Waals surface area contributed by atoms with Gasteiger partial charge in [0.2, 0.25) is 0 Å². The highest BCUT2D eigenvalue weighted by Gasteiger charge is 2.18. The van der Waals surface area contributed by atoms with Gasteiger partial charge in [-0.05, 0) is 29.4 Å². The van der Waals surface area contributed by atoms with E-state index in [2.05, 4.69) is 27.7 Å². The van der Waals surface area contributed by atoms with Gasteiger partial charge in [-0.15, -0.1) is 0 Å². The molecule has 0 atom stereocenters. The van der Waals surface area contributed by atoms with Crippen molar-refractivity contribution < 1.29 is 4.92 Å². The quantitative estimate of drug-likeness (QED) is 0.258. The van der Waals surface area contributed by atoms with Crippen LogP contribution in [0.2, 0.25) is 0 Å². The zero-order chi connectivity index (χ0) is 18.4. The van der Waals surface area contributed by atoms with Gasteiger partial charge < -0.3 is 10.7 Å². The van der Waals surface area contributed by atoms with Crippen molar-refractivity contribution in [2.24, 2.45) is 10.8 Å². The van der Waals surface area contributed by atoms with E-state index < -0.39 is 21.9 Å². The highest BCUT2D eigenvalue weighted by molar-refractivity contribution is 7.80. The number of nitro groups is 1. The number of H-pyrrole nitrogens is 2. The van der Waals surface area contributed by atoms with Crippen molar-refractivity contribution in [3.05, 3.63) is 72.0 Å². The van der Waals surface area contributed by atoms with Crippen LogP contribution >= 0.6 is 12.2 Å². The molecule has 0 aliphatic carbocycles. The molecule has 1 aromatic carbocycles. The van der Waals surface area contributed by atoms with Crippen molar-refractivity contribution in [1.29, 1.82) is 0 Å². The van der Waals surface area contributed by atoms with E-state index in [-0.39, 0.29) is 10.8 Å². The van der Waals surface area contributed by atoms with E-state index >= 15 is 0 Å². The summed E-state index contributed by atoms with van der Waals surface area (Å²) in [7, 11) is 0. The summed E-state index contributed by atoms with van der Waals surface area (Å²) in [5.74, 6) is 0. The van der Waals surface area contributed by atoms with Crippen LogP contribution in [0.3, 0.4) is 0 Å². The number of rotatable bonds is 5. The Hall–Kier alpha value is -3.60. The van der Waals surface area contributed by atoms with E-state index in [1.54, 1.807) is 24.3 Å².